The van der Waals surface area contributed by atoms with Gasteiger partial charge in [-0.2, -0.15) is 0 Å². The zero-order valence-electron chi connectivity index (χ0n) is 9.71. The molecule has 0 amide bonds. The van der Waals surface area contributed by atoms with Gasteiger partial charge >= 0.3 is 5.97 Å². The molecular formula is C12H16FNO2. The van der Waals surface area contributed by atoms with Gasteiger partial charge in [-0.25, -0.2) is 9.18 Å². The van der Waals surface area contributed by atoms with E-state index in [1.807, 2.05) is 0 Å². The largest absolute Gasteiger partial charge is 0.465 e. The van der Waals surface area contributed by atoms with Crippen LogP contribution in [0.25, 0.3) is 0 Å². The van der Waals surface area contributed by atoms with Crippen LogP contribution in [0.4, 0.5) is 10.1 Å². The van der Waals surface area contributed by atoms with E-state index in [2.05, 4.69) is 23.9 Å². The minimum atomic E-state index is -0.661. The molecule has 1 aromatic rings. The molecule has 1 N–H and O–H groups in total. The number of hydrogen-bond acceptors (Lipinski definition) is 3. The van der Waals surface area contributed by atoms with Gasteiger partial charge in [0.15, 0.2) is 0 Å². The molecule has 0 unspecified atom stereocenters. The zero-order valence-corrected chi connectivity index (χ0v) is 9.71. The van der Waals surface area contributed by atoms with E-state index in [0.29, 0.717) is 5.92 Å². The molecule has 3 nitrogen and oxygen atoms in total. The molecular weight excluding hydrogens is 209 g/mol. The summed E-state index contributed by atoms with van der Waals surface area (Å²) in [7, 11) is 1.23. The van der Waals surface area contributed by atoms with Gasteiger partial charge in [0.25, 0.3) is 0 Å². The first-order valence-electron chi connectivity index (χ1n) is 5.16. The highest BCUT2D eigenvalue weighted by Gasteiger charge is 2.12. The third-order valence-corrected chi connectivity index (χ3v) is 2.09. The lowest BCUT2D eigenvalue weighted by Gasteiger charge is -2.10. The Labute approximate surface area is 94.6 Å². The van der Waals surface area contributed by atoms with Gasteiger partial charge < -0.3 is 10.1 Å². The molecule has 0 radical (unpaired) electrons. The molecule has 0 aliphatic heterocycles. The molecule has 0 atom stereocenters. The highest BCUT2D eigenvalue weighted by molar-refractivity contribution is 5.90. The van der Waals surface area contributed by atoms with E-state index in [0.717, 1.165) is 12.2 Å². The lowest BCUT2D eigenvalue weighted by molar-refractivity contribution is 0.0595. The lowest BCUT2D eigenvalue weighted by atomic mass is 10.1. The molecule has 0 aromatic heterocycles. The third-order valence-electron chi connectivity index (χ3n) is 2.09. The van der Waals surface area contributed by atoms with Gasteiger partial charge in [-0.05, 0) is 24.1 Å². The van der Waals surface area contributed by atoms with Gasteiger partial charge in [-0.3, -0.25) is 0 Å². The number of carbonyl (C=O) groups excluding carboxylic acids is 1. The molecule has 1 rings (SSSR count). The van der Waals surface area contributed by atoms with Crippen LogP contribution in [0.5, 0.6) is 0 Å². The van der Waals surface area contributed by atoms with Crippen LogP contribution >= 0.6 is 0 Å². The zero-order chi connectivity index (χ0) is 12.1. The van der Waals surface area contributed by atoms with Crippen molar-refractivity contribution >= 4 is 11.7 Å². The predicted octanol–water partition coefficient (Wildman–Crippen LogP) is 2.68. The van der Waals surface area contributed by atoms with E-state index < -0.39 is 11.8 Å². The average molecular weight is 225 g/mol. The van der Waals surface area contributed by atoms with Crippen molar-refractivity contribution in [3.8, 4) is 0 Å². The number of hydrogen-bond donors (Lipinski definition) is 1. The number of anilines is 1. The Morgan fingerprint density at radius 2 is 2.19 bits per heavy atom. The molecule has 1 aromatic carbocycles. The molecule has 0 spiro atoms. The molecule has 0 aliphatic carbocycles. The van der Waals surface area contributed by atoms with Gasteiger partial charge in [0, 0.05) is 12.2 Å². The number of nitrogens with one attached hydrogen (secondary N) is 1. The quantitative estimate of drug-likeness (QED) is 0.800. The monoisotopic (exact) mass is 225 g/mol. The Bertz CT molecular complexity index is 377. The molecule has 4 heteroatoms. The highest BCUT2D eigenvalue weighted by atomic mass is 19.1. The number of esters is 1. The summed E-state index contributed by atoms with van der Waals surface area (Å²) in [4.78, 5) is 11.2. The van der Waals surface area contributed by atoms with Crippen molar-refractivity contribution in [1.29, 1.82) is 0 Å². The first kappa shape index (κ1) is 12.5. The fraction of sp³-hybridized carbons (Fsp3) is 0.417. The molecule has 0 saturated heterocycles. The normalized spacial score (nSPS) is 10.3. The number of rotatable bonds is 4. The summed E-state index contributed by atoms with van der Waals surface area (Å²) in [6.45, 7) is 4.90. The highest BCUT2D eigenvalue weighted by Crippen LogP contribution is 2.16. The van der Waals surface area contributed by atoms with E-state index in [4.69, 9.17) is 0 Å². The minimum absolute atomic E-state index is 0.0451. The van der Waals surface area contributed by atoms with Gasteiger partial charge in [0.05, 0.1) is 12.7 Å². The summed E-state index contributed by atoms with van der Waals surface area (Å²) in [5.74, 6) is -0.751. The first-order chi connectivity index (χ1) is 7.54. The maximum Gasteiger partial charge on any atom is 0.340 e. The second-order valence-corrected chi connectivity index (χ2v) is 3.96. The number of ether oxygens (including phenoxy) is 1. The van der Waals surface area contributed by atoms with Crippen molar-refractivity contribution in [3.63, 3.8) is 0 Å². The minimum Gasteiger partial charge on any atom is -0.465 e. The molecule has 0 fully saturated rings. The SMILES string of the molecule is COC(=O)c1cc(NCC(C)C)ccc1F. The molecule has 0 aliphatic rings. The van der Waals surface area contributed by atoms with Crippen LogP contribution in [-0.4, -0.2) is 19.6 Å². The summed E-state index contributed by atoms with van der Waals surface area (Å²) in [6.07, 6.45) is 0. The number of halogens is 1. The standard InChI is InChI=1S/C12H16FNO2/c1-8(2)7-14-9-4-5-11(13)10(6-9)12(15)16-3/h4-6,8,14H,7H2,1-3H3. The van der Waals surface area contributed by atoms with Crippen LogP contribution in [0.2, 0.25) is 0 Å². The van der Waals surface area contributed by atoms with Crippen molar-refractivity contribution in [3.05, 3.63) is 29.6 Å². The van der Waals surface area contributed by atoms with E-state index >= 15 is 0 Å². The number of carbonyl (C=O) groups is 1. The van der Waals surface area contributed by atoms with Crippen molar-refractivity contribution in [2.45, 2.75) is 13.8 Å². The second-order valence-electron chi connectivity index (χ2n) is 3.96. The Morgan fingerprint density at radius 3 is 2.75 bits per heavy atom. The lowest BCUT2D eigenvalue weighted by Crippen LogP contribution is -2.10. The van der Waals surface area contributed by atoms with Gasteiger partial charge in [0.2, 0.25) is 0 Å². The van der Waals surface area contributed by atoms with Crippen LogP contribution < -0.4 is 5.32 Å². The molecule has 0 heterocycles. The number of benzene rings is 1. The van der Waals surface area contributed by atoms with Gasteiger partial charge in [-0.15, -0.1) is 0 Å². The second kappa shape index (κ2) is 5.49. The summed E-state index contributed by atoms with van der Waals surface area (Å²) >= 11 is 0. The fourth-order valence-electron chi connectivity index (χ4n) is 1.22. The van der Waals surface area contributed by atoms with Gasteiger partial charge in [0.1, 0.15) is 5.82 Å². The van der Waals surface area contributed by atoms with Crippen LogP contribution in [0.1, 0.15) is 24.2 Å². The first-order valence-corrected chi connectivity index (χ1v) is 5.16. The van der Waals surface area contributed by atoms with E-state index in [-0.39, 0.29) is 5.56 Å². The van der Waals surface area contributed by atoms with Crippen LogP contribution in [0.3, 0.4) is 0 Å². The predicted molar refractivity (Wildman–Crippen MR) is 61.1 cm³/mol. The Balaban J connectivity index is 2.85. The van der Waals surface area contributed by atoms with E-state index in [1.54, 1.807) is 6.07 Å². The third kappa shape index (κ3) is 3.22. The van der Waals surface area contributed by atoms with E-state index in [1.165, 1.54) is 19.2 Å². The van der Waals surface area contributed by atoms with Crippen molar-refractivity contribution < 1.29 is 13.9 Å². The summed E-state index contributed by atoms with van der Waals surface area (Å²) in [5, 5.41) is 3.12. The molecule has 16 heavy (non-hydrogen) atoms. The smallest absolute Gasteiger partial charge is 0.340 e. The average Bonchev–Trinajstić information content (AvgIpc) is 2.27. The summed E-state index contributed by atoms with van der Waals surface area (Å²) in [5.41, 5.74) is 0.673. The topological polar surface area (TPSA) is 38.3 Å². The maximum absolute atomic E-state index is 13.3. The van der Waals surface area contributed by atoms with Gasteiger partial charge in [-0.1, -0.05) is 13.8 Å². The van der Waals surface area contributed by atoms with Crippen molar-refractivity contribution in [1.82, 2.24) is 0 Å². The maximum atomic E-state index is 13.3. The van der Waals surface area contributed by atoms with Crippen LogP contribution in [0, 0.1) is 11.7 Å². The van der Waals surface area contributed by atoms with Crippen molar-refractivity contribution in [2.75, 3.05) is 19.0 Å². The van der Waals surface area contributed by atoms with Crippen LogP contribution in [-0.2, 0) is 4.74 Å². The summed E-state index contributed by atoms with van der Waals surface area (Å²) in [6, 6.07) is 4.32. The fourth-order valence-corrected chi connectivity index (χ4v) is 1.22. The molecule has 88 valence electrons. The summed E-state index contributed by atoms with van der Waals surface area (Å²) < 4.78 is 17.8. The van der Waals surface area contributed by atoms with E-state index in [9.17, 15) is 9.18 Å². The Morgan fingerprint density at radius 1 is 1.50 bits per heavy atom. The molecule has 0 bridgehead atoms. The van der Waals surface area contributed by atoms with Crippen LogP contribution in [0.15, 0.2) is 18.2 Å². The number of methoxy groups -OCH3 is 1. The van der Waals surface area contributed by atoms with Crippen molar-refractivity contribution in [2.24, 2.45) is 5.92 Å². The Hall–Kier alpha value is -1.58. The Kier molecular flexibility index (Phi) is 4.28. The molecule has 0 saturated carbocycles.